The molecule has 1 aromatic rings. The van der Waals surface area contributed by atoms with Crippen molar-refractivity contribution < 1.29 is 91.0 Å². The molecule has 0 aliphatic carbocycles. The Morgan fingerprint density at radius 2 is 0.905 bits per heavy atom. The summed E-state index contributed by atoms with van der Waals surface area (Å²) in [5.74, 6) is 0. The standard InChI is InChI=1S/C13H27N3O20P6/c17-16(18)10-3-1-9(2-4-10)5-6-14(11(37(19,20)21)38(22,23)24)7-8-15(12(39(25,26)27)40(28,29)30)13(41(31,32)33)42(34,35)36/h1-4,11-13H,5-8H2,(H2,19,20,21)(H2,22,23,24)(H2,25,26,27)(H2,28,29,30)(H2,31,32,33)(H2,34,35,36). The van der Waals surface area contributed by atoms with E-state index in [1.165, 1.54) is 0 Å². The van der Waals surface area contributed by atoms with Gasteiger partial charge in [0, 0.05) is 31.8 Å². The maximum Gasteiger partial charge on any atom is 0.355 e. The zero-order valence-corrected chi connectivity index (χ0v) is 25.9. The topological polar surface area (TPSA) is 395 Å². The zero-order chi connectivity index (χ0) is 33.3. The highest BCUT2D eigenvalue weighted by molar-refractivity contribution is 7.72. The van der Waals surface area contributed by atoms with Gasteiger partial charge in [-0.2, -0.15) is 0 Å². The van der Waals surface area contributed by atoms with Crippen LogP contribution in [0, 0.1) is 10.1 Å². The van der Waals surface area contributed by atoms with Crippen LogP contribution in [0.15, 0.2) is 24.3 Å². The van der Waals surface area contributed by atoms with Crippen molar-refractivity contribution in [1.82, 2.24) is 9.80 Å². The van der Waals surface area contributed by atoms with E-state index < -0.39 is 104 Å². The molecule has 0 radical (unpaired) electrons. The number of nitrogens with zero attached hydrogens (tertiary/aromatic N) is 3. The van der Waals surface area contributed by atoms with E-state index in [-0.39, 0.29) is 10.5 Å². The summed E-state index contributed by atoms with van der Waals surface area (Å²) in [6.45, 7) is -3.90. The largest absolute Gasteiger partial charge is 0.355 e. The number of benzene rings is 1. The van der Waals surface area contributed by atoms with E-state index >= 15 is 0 Å². The molecule has 0 atom stereocenters. The number of hydrogen-bond acceptors (Lipinski definition) is 10. The first-order valence-corrected chi connectivity index (χ1v) is 20.6. The average Bonchev–Trinajstić information content (AvgIpc) is 2.69. The van der Waals surface area contributed by atoms with E-state index in [4.69, 9.17) is 0 Å². The molecular weight excluding hydrogens is 704 g/mol. The van der Waals surface area contributed by atoms with Gasteiger partial charge in [-0.3, -0.25) is 47.3 Å². The molecule has 29 heteroatoms. The fourth-order valence-corrected chi connectivity index (χ4v) is 12.8. The molecular formula is C13H27N3O20P6. The van der Waals surface area contributed by atoms with Crippen LogP contribution in [0.4, 0.5) is 5.69 Å². The van der Waals surface area contributed by atoms with Crippen molar-refractivity contribution >= 4 is 51.3 Å². The molecule has 0 aromatic heterocycles. The molecule has 1 aromatic carbocycles. The second-order valence-electron chi connectivity index (χ2n) is 8.52. The van der Waals surface area contributed by atoms with Crippen LogP contribution in [-0.2, 0) is 33.8 Å². The molecule has 12 N–H and O–H groups in total. The number of nitro groups is 1. The third kappa shape index (κ3) is 11.4. The van der Waals surface area contributed by atoms with Gasteiger partial charge in [0.25, 0.3) is 5.69 Å². The van der Waals surface area contributed by atoms with Crippen molar-refractivity contribution in [3.05, 3.63) is 39.9 Å². The molecule has 0 bridgehead atoms. The molecule has 0 spiro atoms. The summed E-state index contributed by atoms with van der Waals surface area (Å²) in [7, 11) is -36.9. The Labute approximate surface area is 234 Å². The van der Waals surface area contributed by atoms with E-state index in [1.807, 2.05) is 0 Å². The average molecular weight is 731 g/mol. The highest BCUT2D eigenvalue weighted by atomic mass is 31.2. The molecule has 0 fully saturated rings. The number of nitro benzene ring substituents is 1. The van der Waals surface area contributed by atoms with Gasteiger partial charge < -0.3 is 58.7 Å². The Bertz CT molecular complexity index is 1290. The van der Waals surface area contributed by atoms with E-state index in [2.05, 4.69) is 0 Å². The summed E-state index contributed by atoms with van der Waals surface area (Å²) in [5.41, 5.74) is -10.6. The van der Waals surface area contributed by atoms with Gasteiger partial charge in [0.15, 0.2) is 0 Å². The lowest BCUT2D eigenvalue weighted by molar-refractivity contribution is -0.384. The van der Waals surface area contributed by atoms with Crippen molar-refractivity contribution in [2.75, 3.05) is 19.6 Å². The molecule has 244 valence electrons. The molecule has 0 aliphatic heterocycles. The second-order valence-corrected chi connectivity index (χ2v) is 19.7. The number of non-ortho nitro benzene ring substituents is 1. The van der Waals surface area contributed by atoms with Gasteiger partial charge in [0.2, 0.25) is 16.6 Å². The smallest absolute Gasteiger partial charge is 0.323 e. The van der Waals surface area contributed by atoms with Gasteiger partial charge in [0.1, 0.15) is 0 Å². The van der Waals surface area contributed by atoms with Crippen molar-refractivity contribution in [3.63, 3.8) is 0 Å². The van der Waals surface area contributed by atoms with Crippen LogP contribution in [0.5, 0.6) is 0 Å². The van der Waals surface area contributed by atoms with Crippen LogP contribution in [0.25, 0.3) is 0 Å². The molecule has 1 rings (SSSR count). The molecule has 0 saturated carbocycles. The fraction of sp³-hybridized carbons (Fsp3) is 0.538. The Morgan fingerprint density at radius 1 is 0.571 bits per heavy atom. The fourth-order valence-electron chi connectivity index (χ4n) is 3.78. The number of hydrogen-bond donors (Lipinski definition) is 12. The molecule has 0 unspecified atom stereocenters. The Balaban J connectivity index is 3.76. The Kier molecular flexibility index (Phi) is 13.0. The molecule has 42 heavy (non-hydrogen) atoms. The van der Waals surface area contributed by atoms with Gasteiger partial charge in [-0.1, -0.05) is 12.1 Å². The van der Waals surface area contributed by atoms with Gasteiger partial charge >= 0.3 is 45.6 Å². The minimum Gasteiger partial charge on any atom is -0.323 e. The lowest BCUT2D eigenvalue weighted by Gasteiger charge is -2.40. The minimum absolute atomic E-state index is 0.143. The molecule has 0 saturated heterocycles. The maximum atomic E-state index is 12.1. The highest BCUT2D eigenvalue weighted by Gasteiger charge is 2.58. The van der Waals surface area contributed by atoms with E-state index in [0.717, 1.165) is 24.3 Å². The summed E-state index contributed by atoms with van der Waals surface area (Å²) < 4.78 is 72.2. The van der Waals surface area contributed by atoms with Gasteiger partial charge in [-0.25, -0.2) is 0 Å². The van der Waals surface area contributed by atoms with Gasteiger partial charge in [0.05, 0.1) is 4.92 Å². The second kappa shape index (κ2) is 13.8. The van der Waals surface area contributed by atoms with Crippen LogP contribution in [0.3, 0.4) is 0 Å². The van der Waals surface area contributed by atoms with Crippen molar-refractivity contribution in [3.8, 4) is 0 Å². The lowest BCUT2D eigenvalue weighted by atomic mass is 10.1. The van der Waals surface area contributed by atoms with E-state index in [1.54, 1.807) is 0 Å². The third-order valence-electron chi connectivity index (χ3n) is 5.21. The summed E-state index contributed by atoms with van der Waals surface area (Å²) in [6, 6.07) is 4.23. The molecule has 0 amide bonds. The lowest BCUT2D eigenvalue weighted by Crippen LogP contribution is -2.48. The zero-order valence-electron chi connectivity index (χ0n) is 20.5. The van der Waals surface area contributed by atoms with Gasteiger partial charge in [-0.15, -0.1) is 0 Å². The van der Waals surface area contributed by atoms with Crippen LogP contribution in [0.1, 0.15) is 5.56 Å². The third-order valence-corrected chi connectivity index (χ3v) is 16.1. The molecule has 23 nitrogen and oxygen atoms in total. The summed E-state index contributed by atoms with van der Waals surface area (Å²) in [6.07, 6.45) is -0.435. The highest BCUT2D eigenvalue weighted by Crippen LogP contribution is 2.69. The van der Waals surface area contributed by atoms with Crippen LogP contribution >= 0.6 is 45.6 Å². The predicted octanol–water partition coefficient (Wildman–Crippen LogP) is -1.34. The van der Waals surface area contributed by atoms with E-state index in [0.29, 0.717) is 0 Å². The number of rotatable bonds is 16. The first-order valence-electron chi connectivity index (χ1n) is 10.5. The Hall–Kier alpha value is -0.560. The van der Waals surface area contributed by atoms with E-state index in [9.17, 15) is 96.2 Å². The molecule has 0 aliphatic rings. The predicted molar refractivity (Wildman–Crippen MR) is 139 cm³/mol. The van der Waals surface area contributed by atoms with Crippen molar-refractivity contribution in [2.24, 2.45) is 0 Å². The normalized spacial score (nSPS) is 14.5. The van der Waals surface area contributed by atoms with Crippen LogP contribution in [0.2, 0.25) is 0 Å². The quantitative estimate of drug-likeness (QED) is 0.0531. The van der Waals surface area contributed by atoms with Crippen LogP contribution < -0.4 is 0 Å². The summed E-state index contributed by atoms with van der Waals surface area (Å²) >= 11 is 0. The summed E-state index contributed by atoms with van der Waals surface area (Å²) in [5, 5.41) is 10.8. The molecule has 0 heterocycles. The maximum absolute atomic E-state index is 12.1. The first kappa shape index (κ1) is 39.5. The minimum atomic E-state index is -6.28. The first-order chi connectivity index (χ1) is 18.5. The SMILES string of the molecule is O=[N+]([O-])c1ccc(CCN(CCN(C(P(=O)(O)O)P(=O)(O)O)C(P(=O)(O)O)P(=O)(O)O)C(P(=O)(O)O)P(=O)(O)O)cc1. The van der Waals surface area contributed by atoms with Crippen LogP contribution in [-0.4, -0.2) is 110 Å². The van der Waals surface area contributed by atoms with Gasteiger partial charge in [-0.05, 0) is 12.0 Å². The van der Waals surface area contributed by atoms with Crippen molar-refractivity contribution in [1.29, 1.82) is 0 Å². The van der Waals surface area contributed by atoms with Crippen molar-refractivity contribution in [2.45, 2.75) is 23.0 Å². The Morgan fingerprint density at radius 3 is 1.19 bits per heavy atom. The monoisotopic (exact) mass is 731 g/mol. The summed E-state index contributed by atoms with van der Waals surface area (Å²) in [4.78, 5) is 125.